The Hall–Kier alpha value is -2.25. The van der Waals surface area contributed by atoms with Crippen LogP contribution in [-0.2, 0) is 10.0 Å². The third-order valence-electron chi connectivity index (χ3n) is 3.77. The summed E-state index contributed by atoms with van der Waals surface area (Å²) in [5, 5.41) is 7.37. The lowest BCUT2D eigenvalue weighted by Gasteiger charge is -2.17. The minimum Gasteiger partial charge on any atom is -0.243 e. The number of aromatic nitrogens is 2. The van der Waals surface area contributed by atoms with Crippen molar-refractivity contribution in [3.05, 3.63) is 53.1 Å². The van der Waals surface area contributed by atoms with Crippen molar-refractivity contribution < 1.29 is 13.0 Å². The van der Waals surface area contributed by atoms with Gasteiger partial charge in [0.15, 0.2) is 5.52 Å². The lowest BCUT2D eigenvalue weighted by atomic mass is 10.0. The minimum atomic E-state index is -3.75. The van der Waals surface area contributed by atoms with Crippen LogP contribution in [0, 0.1) is 13.8 Å². The molecule has 120 valence electrons. The first-order valence-corrected chi connectivity index (χ1v) is 8.67. The minimum absolute atomic E-state index is 0.0633. The van der Waals surface area contributed by atoms with Gasteiger partial charge in [-0.2, -0.15) is 0 Å². The van der Waals surface area contributed by atoms with Crippen LogP contribution in [0.15, 0.2) is 45.9 Å². The molecule has 7 heteroatoms. The van der Waals surface area contributed by atoms with Crippen LogP contribution in [0.2, 0.25) is 0 Å². The number of rotatable bonds is 4. The maximum absolute atomic E-state index is 12.7. The Labute approximate surface area is 134 Å². The van der Waals surface area contributed by atoms with E-state index >= 15 is 0 Å². The lowest BCUT2D eigenvalue weighted by molar-refractivity contribution is 0.315. The molecule has 1 unspecified atom stereocenters. The van der Waals surface area contributed by atoms with Gasteiger partial charge < -0.3 is 0 Å². The van der Waals surface area contributed by atoms with E-state index in [0.717, 1.165) is 16.7 Å². The third-order valence-corrected chi connectivity index (χ3v) is 5.34. The molecule has 0 amide bonds. The first-order chi connectivity index (χ1) is 10.9. The van der Waals surface area contributed by atoms with Gasteiger partial charge in [-0.1, -0.05) is 29.8 Å². The second-order valence-corrected chi connectivity index (χ2v) is 7.27. The van der Waals surface area contributed by atoms with Crippen molar-refractivity contribution in [1.29, 1.82) is 0 Å². The smallest absolute Gasteiger partial charge is 0.243 e. The Kier molecular flexibility index (Phi) is 3.91. The fourth-order valence-corrected chi connectivity index (χ4v) is 3.96. The van der Waals surface area contributed by atoms with E-state index in [4.69, 9.17) is 0 Å². The van der Waals surface area contributed by atoms with E-state index in [9.17, 15) is 8.42 Å². The Morgan fingerprint density at radius 2 is 1.91 bits per heavy atom. The number of fused-ring (bicyclic) bond motifs is 1. The molecule has 1 aromatic heterocycles. The Morgan fingerprint density at radius 3 is 2.70 bits per heavy atom. The van der Waals surface area contributed by atoms with Crippen molar-refractivity contribution in [1.82, 2.24) is 15.0 Å². The van der Waals surface area contributed by atoms with Gasteiger partial charge >= 0.3 is 0 Å². The third kappa shape index (κ3) is 2.97. The monoisotopic (exact) mass is 331 g/mol. The molecule has 0 bridgehead atoms. The predicted molar refractivity (Wildman–Crippen MR) is 86.5 cm³/mol. The van der Waals surface area contributed by atoms with Crippen LogP contribution >= 0.6 is 0 Å². The molecule has 0 radical (unpaired) electrons. The SMILES string of the molecule is Cc1ccc(C)c(C(C)NS(=O)(=O)c2cccc3nonc23)c1. The molecule has 0 saturated carbocycles. The molecule has 3 aromatic rings. The second kappa shape index (κ2) is 5.75. The highest BCUT2D eigenvalue weighted by molar-refractivity contribution is 7.89. The lowest BCUT2D eigenvalue weighted by Crippen LogP contribution is -2.27. The first kappa shape index (κ1) is 15.6. The van der Waals surface area contributed by atoms with E-state index in [0.29, 0.717) is 5.52 Å². The summed E-state index contributed by atoms with van der Waals surface area (Å²) in [4.78, 5) is 0.0633. The van der Waals surface area contributed by atoms with Gasteiger partial charge in [-0.15, -0.1) is 0 Å². The summed E-state index contributed by atoms with van der Waals surface area (Å²) in [7, 11) is -3.75. The summed E-state index contributed by atoms with van der Waals surface area (Å²) in [5.74, 6) is 0. The zero-order valence-electron chi connectivity index (χ0n) is 13.1. The number of hydrogen-bond donors (Lipinski definition) is 1. The highest BCUT2D eigenvalue weighted by atomic mass is 32.2. The van der Waals surface area contributed by atoms with Gasteiger partial charge in [0.2, 0.25) is 10.0 Å². The van der Waals surface area contributed by atoms with E-state index in [1.54, 1.807) is 12.1 Å². The molecule has 1 N–H and O–H groups in total. The fourth-order valence-electron chi connectivity index (χ4n) is 2.58. The van der Waals surface area contributed by atoms with E-state index < -0.39 is 10.0 Å². The maximum atomic E-state index is 12.7. The van der Waals surface area contributed by atoms with Crippen molar-refractivity contribution >= 4 is 21.1 Å². The van der Waals surface area contributed by atoms with E-state index in [1.807, 2.05) is 39.0 Å². The number of nitrogens with zero attached hydrogens (tertiary/aromatic N) is 2. The van der Waals surface area contributed by atoms with E-state index in [1.165, 1.54) is 6.07 Å². The normalized spacial score (nSPS) is 13.3. The molecule has 0 fully saturated rings. The Bertz CT molecular complexity index is 964. The van der Waals surface area contributed by atoms with Crippen molar-refractivity contribution in [2.45, 2.75) is 31.7 Å². The quantitative estimate of drug-likeness (QED) is 0.794. The summed E-state index contributed by atoms with van der Waals surface area (Å²) >= 11 is 0. The average Bonchev–Trinajstić information content (AvgIpc) is 2.97. The summed E-state index contributed by atoms with van der Waals surface area (Å²) < 4.78 is 32.7. The van der Waals surface area contributed by atoms with Crippen LogP contribution in [0.4, 0.5) is 0 Å². The zero-order valence-corrected chi connectivity index (χ0v) is 13.9. The van der Waals surface area contributed by atoms with Crippen LogP contribution in [0.25, 0.3) is 11.0 Å². The zero-order chi connectivity index (χ0) is 16.6. The van der Waals surface area contributed by atoms with Crippen molar-refractivity contribution in [3.63, 3.8) is 0 Å². The molecule has 0 aliphatic carbocycles. The molecule has 2 aromatic carbocycles. The van der Waals surface area contributed by atoms with Crippen LogP contribution < -0.4 is 4.72 Å². The molecule has 1 heterocycles. The molecule has 0 aliphatic heterocycles. The predicted octanol–water partition coefficient (Wildman–Crippen LogP) is 2.88. The molecule has 0 aliphatic rings. The summed E-state index contributed by atoms with van der Waals surface area (Å²) in [5.41, 5.74) is 3.70. The highest BCUT2D eigenvalue weighted by Crippen LogP contribution is 2.24. The maximum Gasteiger partial charge on any atom is 0.243 e. The van der Waals surface area contributed by atoms with E-state index in [-0.39, 0.29) is 16.5 Å². The van der Waals surface area contributed by atoms with Crippen molar-refractivity contribution in [3.8, 4) is 0 Å². The van der Waals surface area contributed by atoms with Crippen molar-refractivity contribution in [2.75, 3.05) is 0 Å². The number of hydrogen-bond acceptors (Lipinski definition) is 5. The molecule has 23 heavy (non-hydrogen) atoms. The van der Waals surface area contributed by atoms with Gasteiger partial charge in [0.1, 0.15) is 10.4 Å². The molecule has 0 saturated heterocycles. The van der Waals surface area contributed by atoms with Crippen LogP contribution in [0.3, 0.4) is 0 Å². The average molecular weight is 331 g/mol. The van der Waals surface area contributed by atoms with Crippen LogP contribution in [0.1, 0.15) is 29.7 Å². The molecule has 1 atom stereocenters. The van der Waals surface area contributed by atoms with Crippen molar-refractivity contribution in [2.24, 2.45) is 0 Å². The first-order valence-electron chi connectivity index (χ1n) is 7.19. The fraction of sp³-hybridized carbons (Fsp3) is 0.250. The molecular weight excluding hydrogens is 314 g/mol. The van der Waals surface area contributed by atoms with E-state index in [2.05, 4.69) is 19.7 Å². The highest BCUT2D eigenvalue weighted by Gasteiger charge is 2.23. The number of benzene rings is 2. The number of aryl methyl sites for hydroxylation is 2. The van der Waals surface area contributed by atoms with Gasteiger partial charge in [0, 0.05) is 6.04 Å². The summed E-state index contributed by atoms with van der Waals surface area (Å²) in [6.45, 7) is 5.76. The molecular formula is C16H17N3O3S. The summed E-state index contributed by atoms with van der Waals surface area (Å²) in [6.07, 6.45) is 0. The molecule has 0 spiro atoms. The number of nitrogens with one attached hydrogen (secondary N) is 1. The standard InChI is InChI=1S/C16H17N3O3S/c1-10-7-8-11(2)13(9-10)12(3)19-23(20,21)15-6-4-5-14-16(15)18-22-17-14/h4-9,12,19H,1-3H3. The van der Waals surface area contributed by atoms with Crippen LogP contribution in [-0.4, -0.2) is 18.7 Å². The van der Waals surface area contributed by atoms with Gasteiger partial charge in [-0.25, -0.2) is 17.8 Å². The molecule has 3 rings (SSSR count). The van der Waals surface area contributed by atoms with Gasteiger partial charge in [0.25, 0.3) is 0 Å². The van der Waals surface area contributed by atoms with Crippen LogP contribution in [0.5, 0.6) is 0 Å². The van der Waals surface area contributed by atoms with Gasteiger partial charge in [-0.3, -0.25) is 0 Å². The van der Waals surface area contributed by atoms with Gasteiger partial charge in [0.05, 0.1) is 0 Å². The summed E-state index contributed by atoms with van der Waals surface area (Å²) in [6, 6.07) is 10.4. The van der Waals surface area contributed by atoms with Gasteiger partial charge in [-0.05, 0) is 54.3 Å². The number of sulfonamides is 1. The molecule has 6 nitrogen and oxygen atoms in total. The Morgan fingerprint density at radius 1 is 1.13 bits per heavy atom. The Balaban J connectivity index is 1.98. The topological polar surface area (TPSA) is 85.1 Å². The largest absolute Gasteiger partial charge is 0.243 e. The second-order valence-electron chi connectivity index (χ2n) is 5.59.